The Labute approximate surface area is 115 Å². The maximum atomic E-state index is 13.8. The summed E-state index contributed by atoms with van der Waals surface area (Å²) in [6, 6.07) is 2.23. The van der Waals surface area contributed by atoms with Crippen LogP contribution in [0.4, 0.5) is 8.78 Å². The number of allylic oxidation sites excluding steroid dienone is 3. The molecule has 0 N–H and O–H groups in total. The second kappa shape index (κ2) is 7.22. The molecule has 1 aromatic rings. The van der Waals surface area contributed by atoms with Crippen LogP contribution >= 0.6 is 0 Å². The normalized spacial score (nSPS) is 11.2. The molecule has 106 valence electrons. The van der Waals surface area contributed by atoms with E-state index in [1.54, 1.807) is 6.92 Å². The van der Waals surface area contributed by atoms with Crippen LogP contribution in [0.1, 0.15) is 45.7 Å². The van der Waals surface area contributed by atoms with Crippen molar-refractivity contribution in [1.82, 2.24) is 0 Å². The number of aryl methyl sites for hydroxylation is 1. The maximum Gasteiger partial charge on any atom is 0.133 e. The lowest BCUT2D eigenvalue weighted by atomic mass is 9.79. The third-order valence-corrected chi connectivity index (χ3v) is 2.92. The monoisotopic (exact) mass is 266 g/mol. The maximum absolute atomic E-state index is 13.8. The van der Waals surface area contributed by atoms with E-state index in [1.165, 1.54) is 6.07 Å². The van der Waals surface area contributed by atoms with Crippen LogP contribution < -0.4 is 0 Å². The average molecular weight is 266 g/mol. The van der Waals surface area contributed by atoms with Crippen molar-refractivity contribution >= 4 is 5.57 Å². The van der Waals surface area contributed by atoms with Crippen molar-refractivity contribution in [2.45, 2.75) is 41.5 Å². The molecule has 0 bridgehead atoms. The summed E-state index contributed by atoms with van der Waals surface area (Å²) in [6.45, 7) is 15.5. The van der Waals surface area contributed by atoms with Gasteiger partial charge >= 0.3 is 0 Å². The Hall–Kier alpha value is -1.44. The van der Waals surface area contributed by atoms with Crippen molar-refractivity contribution in [3.8, 4) is 0 Å². The van der Waals surface area contributed by atoms with E-state index in [1.807, 2.05) is 46.8 Å². The summed E-state index contributed by atoms with van der Waals surface area (Å²) in [7, 11) is 0. The Bertz CT molecular complexity index is 445. The van der Waals surface area contributed by atoms with Gasteiger partial charge in [-0.3, -0.25) is 0 Å². The van der Waals surface area contributed by atoms with Crippen LogP contribution in [-0.2, 0) is 0 Å². The Balaban J connectivity index is 0.00000154. The first-order valence-corrected chi connectivity index (χ1v) is 6.59. The first kappa shape index (κ1) is 17.6. The fourth-order valence-corrected chi connectivity index (χ4v) is 1.92. The SMILES string of the molecule is C=C(c1c(C)cc(F)cc1F)C(C)(C)/C=C\C.CC. The van der Waals surface area contributed by atoms with Gasteiger partial charge in [0.15, 0.2) is 0 Å². The summed E-state index contributed by atoms with van der Waals surface area (Å²) in [4.78, 5) is 0. The van der Waals surface area contributed by atoms with Gasteiger partial charge in [-0.2, -0.15) is 0 Å². The molecular formula is C17H24F2. The van der Waals surface area contributed by atoms with Crippen LogP contribution in [0.5, 0.6) is 0 Å². The molecule has 0 aliphatic carbocycles. The lowest BCUT2D eigenvalue weighted by Gasteiger charge is -2.25. The van der Waals surface area contributed by atoms with Crippen molar-refractivity contribution in [3.05, 3.63) is 53.6 Å². The zero-order valence-corrected chi connectivity index (χ0v) is 12.8. The molecule has 0 saturated heterocycles. The predicted molar refractivity (Wildman–Crippen MR) is 80.1 cm³/mol. The van der Waals surface area contributed by atoms with E-state index in [9.17, 15) is 8.78 Å². The third-order valence-electron chi connectivity index (χ3n) is 2.92. The summed E-state index contributed by atoms with van der Waals surface area (Å²) in [5.74, 6) is -1.11. The standard InChI is InChI=1S/C15H18F2.C2H6/c1-6-7-15(4,5)11(3)14-10(2)8-12(16)9-13(14)17;1-2/h6-9H,3H2,1-2,4-5H3;1-2H3/b7-6-;. The minimum atomic E-state index is -0.555. The topological polar surface area (TPSA) is 0 Å². The van der Waals surface area contributed by atoms with Gasteiger partial charge in [0.25, 0.3) is 0 Å². The Kier molecular flexibility index (Phi) is 6.68. The smallest absolute Gasteiger partial charge is 0.133 e. The molecule has 0 nitrogen and oxygen atoms in total. The first-order valence-electron chi connectivity index (χ1n) is 6.59. The first-order chi connectivity index (χ1) is 8.79. The number of hydrogen-bond acceptors (Lipinski definition) is 0. The van der Waals surface area contributed by atoms with Crippen LogP contribution in [0.25, 0.3) is 5.57 Å². The van der Waals surface area contributed by atoms with E-state index in [0.717, 1.165) is 6.07 Å². The van der Waals surface area contributed by atoms with Gasteiger partial charge in [0.2, 0.25) is 0 Å². The fraction of sp³-hybridized carbons (Fsp3) is 0.412. The highest BCUT2D eigenvalue weighted by Gasteiger charge is 2.23. The molecule has 1 rings (SSSR count). The van der Waals surface area contributed by atoms with Gasteiger partial charge in [-0.05, 0) is 31.1 Å². The molecule has 0 aromatic heterocycles. The van der Waals surface area contributed by atoms with E-state index in [4.69, 9.17) is 0 Å². The summed E-state index contributed by atoms with van der Waals surface area (Å²) < 4.78 is 26.8. The van der Waals surface area contributed by atoms with Gasteiger partial charge in [-0.15, -0.1) is 0 Å². The number of halogens is 2. The van der Waals surface area contributed by atoms with Crippen LogP contribution in [0.2, 0.25) is 0 Å². The van der Waals surface area contributed by atoms with Gasteiger partial charge in [0.1, 0.15) is 11.6 Å². The molecule has 0 aliphatic heterocycles. The van der Waals surface area contributed by atoms with Crippen LogP contribution in [0.3, 0.4) is 0 Å². The number of rotatable bonds is 3. The molecule has 0 amide bonds. The third kappa shape index (κ3) is 4.30. The lowest BCUT2D eigenvalue weighted by Crippen LogP contribution is -2.12. The van der Waals surface area contributed by atoms with E-state index in [-0.39, 0.29) is 5.41 Å². The van der Waals surface area contributed by atoms with Crippen molar-refractivity contribution in [2.75, 3.05) is 0 Å². The Morgan fingerprint density at radius 2 is 1.74 bits per heavy atom. The lowest BCUT2D eigenvalue weighted by molar-refractivity contribution is 0.571. The van der Waals surface area contributed by atoms with Gasteiger partial charge in [0.05, 0.1) is 0 Å². The Morgan fingerprint density at radius 3 is 2.16 bits per heavy atom. The molecule has 0 aliphatic rings. The predicted octanol–water partition coefficient (Wildman–Crippen LogP) is 5.91. The molecule has 0 heterocycles. The summed E-state index contributed by atoms with van der Waals surface area (Å²) in [6.07, 6.45) is 3.86. The molecule has 0 fully saturated rings. The highest BCUT2D eigenvalue weighted by Crippen LogP contribution is 2.37. The van der Waals surface area contributed by atoms with Crippen molar-refractivity contribution in [2.24, 2.45) is 5.41 Å². The van der Waals surface area contributed by atoms with Crippen molar-refractivity contribution < 1.29 is 8.78 Å². The zero-order chi connectivity index (χ0) is 15.2. The van der Waals surface area contributed by atoms with Crippen LogP contribution in [-0.4, -0.2) is 0 Å². The van der Waals surface area contributed by atoms with Crippen LogP contribution in [0.15, 0.2) is 30.9 Å². The Morgan fingerprint density at radius 1 is 1.21 bits per heavy atom. The van der Waals surface area contributed by atoms with E-state index in [2.05, 4.69) is 6.58 Å². The summed E-state index contributed by atoms with van der Waals surface area (Å²) >= 11 is 0. The largest absolute Gasteiger partial charge is 0.207 e. The minimum Gasteiger partial charge on any atom is -0.207 e. The summed E-state index contributed by atoms with van der Waals surface area (Å²) in [5, 5.41) is 0. The minimum absolute atomic E-state index is 0.349. The van der Waals surface area contributed by atoms with Gasteiger partial charge < -0.3 is 0 Å². The number of benzene rings is 1. The zero-order valence-electron chi connectivity index (χ0n) is 12.8. The van der Waals surface area contributed by atoms with Crippen molar-refractivity contribution in [3.63, 3.8) is 0 Å². The van der Waals surface area contributed by atoms with E-state index >= 15 is 0 Å². The second-order valence-corrected chi connectivity index (χ2v) is 4.78. The van der Waals surface area contributed by atoms with E-state index < -0.39 is 11.6 Å². The fourth-order valence-electron chi connectivity index (χ4n) is 1.92. The molecule has 2 heteroatoms. The average Bonchev–Trinajstić information content (AvgIpc) is 2.30. The van der Waals surface area contributed by atoms with Gasteiger partial charge in [-0.25, -0.2) is 8.78 Å². The molecule has 0 atom stereocenters. The van der Waals surface area contributed by atoms with E-state index in [0.29, 0.717) is 16.7 Å². The van der Waals surface area contributed by atoms with Gasteiger partial charge in [0, 0.05) is 17.0 Å². The highest BCUT2D eigenvalue weighted by molar-refractivity contribution is 5.72. The quantitative estimate of drug-likeness (QED) is 0.596. The molecule has 19 heavy (non-hydrogen) atoms. The molecule has 0 saturated carbocycles. The van der Waals surface area contributed by atoms with Gasteiger partial charge in [-0.1, -0.05) is 46.4 Å². The molecular weight excluding hydrogens is 242 g/mol. The molecule has 0 spiro atoms. The van der Waals surface area contributed by atoms with Crippen molar-refractivity contribution in [1.29, 1.82) is 0 Å². The molecule has 0 unspecified atom stereocenters. The summed E-state index contributed by atoms with van der Waals surface area (Å²) in [5.41, 5.74) is 1.29. The molecule has 0 radical (unpaired) electrons. The molecule has 1 aromatic carbocycles. The highest BCUT2D eigenvalue weighted by atomic mass is 19.1. The second-order valence-electron chi connectivity index (χ2n) is 4.78. The number of hydrogen-bond donors (Lipinski definition) is 0. The van der Waals surface area contributed by atoms with Crippen LogP contribution in [0, 0.1) is 24.0 Å².